The number of carbonyl (C=O) groups is 1. The molecule has 1 amide bonds. The number of carbonyl (C=O) groups excluding carboxylic acids is 1. The lowest BCUT2D eigenvalue weighted by molar-refractivity contribution is -0.123. The Bertz CT molecular complexity index is 851. The van der Waals surface area contributed by atoms with Crippen molar-refractivity contribution in [1.82, 2.24) is 10.0 Å². The van der Waals surface area contributed by atoms with Crippen LogP contribution in [-0.2, 0) is 20.6 Å². The van der Waals surface area contributed by atoms with Crippen LogP contribution in [0.25, 0.3) is 0 Å². The minimum Gasteiger partial charge on any atom is -0.354 e. The zero-order chi connectivity index (χ0) is 20.6. The van der Waals surface area contributed by atoms with Gasteiger partial charge in [-0.15, -0.1) is 0 Å². The molecule has 0 fully saturated rings. The van der Waals surface area contributed by atoms with Crippen molar-refractivity contribution in [3.05, 3.63) is 65.7 Å². The maximum Gasteiger partial charge on any atom is 0.241 e. The van der Waals surface area contributed by atoms with E-state index in [4.69, 9.17) is 0 Å². The molecule has 0 aliphatic rings. The van der Waals surface area contributed by atoms with Gasteiger partial charge >= 0.3 is 0 Å². The Morgan fingerprint density at radius 3 is 2.29 bits per heavy atom. The van der Waals surface area contributed by atoms with Gasteiger partial charge in [-0.05, 0) is 30.5 Å². The number of sulfonamides is 1. The van der Waals surface area contributed by atoms with Gasteiger partial charge < -0.3 is 5.32 Å². The van der Waals surface area contributed by atoms with Gasteiger partial charge in [0.2, 0.25) is 15.9 Å². The molecule has 0 heterocycles. The molecule has 0 radical (unpaired) electrons. The SMILES string of the molecule is Cc1ccc(S(=O)(=O)N[C@H](C(=O)NCCSCc2ccccc2)C(C)C)cc1. The molecule has 0 aliphatic heterocycles. The summed E-state index contributed by atoms with van der Waals surface area (Å²) in [5, 5.41) is 2.85. The monoisotopic (exact) mass is 420 g/mol. The average molecular weight is 421 g/mol. The highest BCUT2D eigenvalue weighted by atomic mass is 32.2. The first-order chi connectivity index (χ1) is 13.3. The Morgan fingerprint density at radius 1 is 1.04 bits per heavy atom. The van der Waals surface area contributed by atoms with E-state index in [0.717, 1.165) is 17.1 Å². The summed E-state index contributed by atoms with van der Waals surface area (Å²) in [6.07, 6.45) is 0. The minimum atomic E-state index is -3.75. The highest BCUT2D eigenvalue weighted by Crippen LogP contribution is 2.14. The van der Waals surface area contributed by atoms with Crippen LogP contribution in [0.4, 0.5) is 0 Å². The first-order valence-electron chi connectivity index (χ1n) is 9.28. The fraction of sp³-hybridized carbons (Fsp3) is 0.381. The van der Waals surface area contributed by atoms with Gasteiger partial charge in [0.25, 0.3) is 0 Å². The van der Waals surface area contributed by atoms with Crippen molar-refractivity contribution in [3.63, 3.8) is 0 Å². The molecule has 152 valence electrons. The summed E-state index contributed by atoms with van der Waals surface area (Å²) in [4.78, 5) is 12.7. The Kier molecular flexibility index (Phi) is 8.54. The van der Waals surface area contributed by atoms with Crippen LogP contribution in [0.15, 0.2) is 59.5 Å². The van der Waals surface area contributed by atoms with E-state index in [0.29, 0.717) is 6.54 Å². The number of hydrogen-bond acceptors (Lipinski definition) is 4. The summed E-state index contributed by atoms with van der Waals surface area (Å²) in [6, 6.07) is 15.9. The van der Waals surface area contributed by atoms with Crippen LogP contribution in [0.5, 0.6) is 0 Å². The summed E-state index contributed by atoms with van der Waals surface area (Å²) in [7, 11) is -3.75. The summed E-state index contributed by atoms with van der Waals surface area (Å²) in [6.45, 7) is 6.04. The van der Waals surface area contributed by atoms with Gasteiger partial charge in [0, 0.05) is 18.1 Å². The van der Waals surface area contributed by atoms with Crippen molar-refractivity contribution < 1.29 is 13.2 Å². The standard InChI is InChI=1S/C21H28N2O3S2/c1-16(2)20(23-28(25,26)19-11-9-17(3)10-12-19)21(24)22-13-14-27-15-18-7-5-4-6-8-18/h4-12,16,20,23H,13-15H2,1-3H3,(H,22,24)/t20-/m0/s1. The van der Waals surface area contributed by atoms with Crippen LogP contribution >= 0.6 is 11.8 Å². The second-order valence-corrected chi connectivity index (χ2v) is 9.80. The molecule has 2 rings (SSSR count). The van der Waals surface area contributed by atoms with Gasteiger partial charge in [-0.1, -0.05) is 61.9 Å². The van der Waals surface area contributed by atoms with Crippen LogP contribution in [0.1, 0.15) is 25.0 Å². The lowest BCUT2D eigenvalue weighted by Gasteiger charge is -2.21. The molecule has 2 aromatic carbocycles. The van der Waals surface area contributed by atoms with Crippen LogP contribution in [0.2, 0.25) is 0 Å². The lowest BCUT2D eigenvalue weighted by atomic mass is 10.1. The van der Waals surface area contributed by atoms with E-state index in [1.165, 1.54) is 5.56 Å². The molecular formula is C21H28N2O3S2. The maximum atomic E-state index is 12.6. The van der Waals surface area contributed by atoms with Crippen molar-refractivity contribution in [2.75, 3.05) is 12.3 Å². The minimum absolute atomic E-state index is 0.162. The molecule has 0 saturated carbocycles. The molecule has 0 aliphatic carbocycles. The zero-order valence-electron chi connectivity index (χ0n) is 16.5. The van der Waals surface area contributed by atoms with E-state index in [1.807, 2.05) is 39.0 Å². The Balaban J connectivity index is 1.86. The molecule has 5 nitrogen and oxygen atoms in total. The Morgan fingerprint density at radius 2 is 1.68 bits per heavy atom. The highest BCUT2D eigenvalue weighted by Gasteiger charge is 2.28. The number of amides is 1. The van der Waals surface area contributed by atoms with E-state index >= 15 is 0 Å². The largest absolute Gasteiger partial charge is 0.354 e. The van der Waals surface area contributed by atoms with Gasteiger partial charge in [-0.25, -0.2) is 8.42 Å². The van der Waals surface area contributed by atoms with Crippen molar-refractivity contribution in [2.45, 2.75) is 37.5 Å². The van der Waals surface area contributed by atoms with E-state index in [9.17, 15) is 13.2 Å². The van der Waals surface area contributed by atoms with E-state index in [1.54, 1.807) is 36.0 Å². The Hall–Kier alpha value is -1.83. The summed E-state index contributed by atoms with van der Waals surface area (Å²) >= 11 is 1.73. The first-order valence-corrected chi connectivity index (χ1v) is 11.9. The van der Waals surface area contributed by atoms with Crippen molar-refractivity contribution in [2.24, 2.45) is 5.92 Å². The third-order valence-electron chi connectivity index (χ3n) is 4.22. The topological polar surface area (TPSA) is 75.3 Å². The lowest BCUT2D eigenvalue weighted by Crippen LogP contribution is -2.50. The first kappa shape index (κ1) is 22.5. The van der Waals surface area contributed by atoms with E-state index in [-0.39, 0.29) is 16.7 Å². The fourth-order valence-corrected chi connectivity index (χ4v) is 4.73. The van der Waals surface area contributed by atoms with Gasteiger partial charge in [0.15, 0.2) is 0 Å². The van der Waals surface area contributed by atoms with E-state index in [2.05, 4.69) is 22.2 Å². The molecule has 0 unspecified atom stereocenters. The second kappa shape index (κ2) is 10.6. The van der Waals surface area contributed by atoms with Crippen molar-refractivity contribution in [3.8, 4) is 0 Å². The molecule has 0 aromatic heterocycles. The molecular weight excluding hydrogens is 392 g/mol. The molecule has 2 N–H and O–H groups in total. The van der Waals surface area contributed by atoms with Gasteiger partial charge in [0.05, 0.1) is 4.90 Å². The van der Waals surface area contributed by atoms with Gasteiger partial charge in [0.1, 0.15) is 6.04 Å². The molecule has 0 saturated heterocycles. The number of aryl methyl sites for hydroxylation is 1. The number of nitrogens with one attached hydrogen (secondary N) is 2. The zero-order valence-corrected chi connectivity index (χ0v) is 18.1. The third kappa shape index (κ3) is 6.96. The molecule has 28 heavy (non-hydrogen) atoms. The number of thioether (sulfide) groups is 1. The Labute approximate surface area is 172 Å². The maximum absolute atomic E-state index is 12.6. The molecule has 0 spiro atoms. The molecule has 1 atom stereocenters. The summed E-state index contributed by atoms with van der Waals surface area (Å²) < 4.78 is 27.7. The number of hydrogen-bond donors (Lipinski definition) is 2. The fourth-order valence-electron chi connectivity index (χ4n) is 2.57. The molecule has 7 heteroatoms. The predicted molar refractivity (Wildman–Crippen MR) is 116 cm³/mol. The van der Waals surface area contributed by atoms with Gasteiger partial charge in [-0.3, -0.25) is 4.79 Å². The van der Waals surface area contributed by atoms with Crippen molar-refractivity contribution in [1.29, 1.82) is 0 Å². The summed E-state index contributed by atoms with van der Waals surface area (Å²) in [5.74, 6) is 1.17. The van der Waals surface area contributed by atoms with Gasteiger partial charge in [-0.2, -0.15) is 16.5 Å². The van der Waals surface area contributed by atoms with Crippen LogP contribution in [0.3, 0.4) is 0 Å². The number of rotatable bonds is 10. The summed E-state index contributed by atoms with van der Waals surface area (Å²) in [5.41, 5.74) is 2.22. The van der Waals surface area contributed by atoms with Crippen LogP contribution in [-0.4, -0.2) is 32.7 Å². The molecule has 2 aromatic rings. The predicted octanol–water partition coefficient (Wildman–Crippen LogP) is 3.35. The third-order valence-corrected chi connectivity index (χ3v) is 6.71. The normalized spacial score (nSPS) is 12.7. The van der Waals surface area contributed by atoms with E-state index < -0.39 is 16.1 Å². The van der Waals surface area contributed by atoms with Crippen LogP contribution in [0, 0.1) is 12.8 Å². The average Bonchev–Trinajstić information content (AvgIpc) is 2.66. The molecule has 0 bridgehead atoms. The number of benzene rings is 2. The quantitative estimate of drug-likeness (QED) is 0.578. The second-order valence-electron chi connectivity index (χ2n) is 6.99. The van der Waals surface area contributed by atoms with Crippen molar-refractivity contribution >= 4 is 27.7 Å². The smallest absolute Gasteiger partial charge is 0.241 e. The van der Waals surface area contributed by atoms with Crippen LogP contribution < -0.4 is 10.0 Å². The highest BCUT2D eigenvalue weighted by molar-refractivity contribution is 7.98.